The molecule has 0 aromatic carbocycles. The Bertz CT molecular complexity index is 235. The van der Waals surface area contributed by atoms with Crippen molar-refractivity contribution < 1.29 is 14.6 Å². The zero-order chi connectivity index (χ0) is 12.2. The van der Waals surface area contributed by atoms with Crippen LogP contribution in [0.4, 0.5) is 0 Å². The van der Waals surface area contributed by atoms with Crippen LogP contribution in [0.2, 0.25) is 0 Å². The fourth-order valence-electron chi connectivity index (χ4n) is 1.93. The molecule has 94 valence electrons. The lowest BCUT2D eigenvalue weighted by molar-refractivity contribution is -0.151. The van der Waals surface area contributed by atoms with Crippen LogP contribution in [0.3, 0.4) is 0 Å². The molecule has 4 heteroatoms. The summed E-state index contributed by atoms with van der Waals surface area (Å²) in [6.45, 7) is 7.23. The third kappa shape index (κ3) is 3.76. The minimum atomic E-state index is -1.27. The van der Waals surface area contributed by atoms with Crippen LogP contribution < -0.4 is 0 Å². The summed E-state index contributed by atoms with van der Waals surface area (Å²) in [4.78, 5) is 13.6. The van der Waals surface area contributed by atoms with E-state index in [4.69, 9.17) is 4.74 Å². The SMILES string of the molecule is CCCOC1CCCN(C(=O)C(C)(C)O)C1. The van der Waals surface area contributed by atoms with Gasteiger partial charge in [-0.25, -0.2) is 0 Å². The third-order valence-electron chi connectivity index (χ3n) is 2.75. The Morgan fingerprint density at radius 3 is 2.81 bits per heavy atom. The normalized spacial score (nSPS) is 22.2. The van der Waals surface area contributed by atoms with E-state index in [9.17, 15) is 9.90 Å². The molecule has 0 aromatic heterocycles. The van der Waals surface area contributed by atoms with Crippen LogP contribution in [0.25, 0.3) is 0 Å². The van der Waals surface area contributed by atoms with Gasteiger partial charge in [-0.1, -0.05) is 6.92 Å². The van der Waals surface area contributed by atoms with Gasteiger partial charge in [-0.3, -0.25) is 4.79 Å². The highest BCUT2D eigenvalue weighted by molar-refractivity contribution is 5.84. The number of rotatable bonds is 4. The third-order valence-corrected chi connectivity index (χ3v) is 2.75. The maximum absolute atomic E-state index is 11.9. The monoisotopic (exact) mass is 229 g/mol. The van der Waals surface area contributed by atoms with Crippen LogP contribution in [-0.2, 0) is 9.53 Å². The molecule has 16 heavy (non-hydrogen) atoms. The Kier molecular flexibility index (Phi) is 4.74. The highest BCUT2D eigenvalue weighted by Gasteiger charge is 2.32. The molecule has 1 fully saturated rings. The Balaban J connectivity index is 2.47. The molecule has 1 unspecified atom stereocenters. The van der Waals surface area contributed by atoms with Crippen LogP contribution in [0.1, 0.15) is 40.0 Å². The number of aliphatic hydroxyl groups is 1. The Morgan fingerprint density at radius 2 is 2.25 bits per heavy atom. The molecular weight excluding hydrogens is 206 g/mol. The van der Waals surface area contributed by atoms with Gasteiger partial charge in [0.1, 0.15) is 5.60 Å². The van der Waals surface area contributed by atoms with Crippen molar-refractivity contribution in [3.8, 4) is 0 Å². The van der Waals surface area contributed by atoms with Crippen LogP contribution in [-0.4, -0.2) is 47.3 Å². The Labute approximate surface area is 97.6 Å². The highest BCUT2D eigenvalue weighted by Crippen LogP contribution is 2.17. The summed E-state index contributed by atoms with van der Waals surface area (Å²) in [6, 6.07) is 0. The predicted octanol–water partition coefficient (Wildman–Crippen LogP) is 1.17. The van der Waals surface area contributed by atoms with Gasteiger partial charge in [0.05, 0.1) is 6.10 Å². The van der Waals surface area contributed by atoms with Crippen LogP contribution in [0.15, 0.2) is 0 Å². The Morgan fingerprint density at radius 1 is 1.56 bits per heavy atom. The summed E-state index contributed by atoms with van der Waals surface area (Å²) < 4.78 is 5.65. The van der Waals surface area contributed by atoms with Gasteiger partial charge in [0.25, 0.3) is 5.91 Å². The first-order valence-corrected chi connectivity index (χ1v) is 6.08. The van der Waals surface area contributed by atoms with E-state index in [0.717, 1.165) is 32.4 Å². The average Bonchev–Trinajstić information content (AvgIpc) is 2.24. The first-order valence-electron chi connectivity index (χ1n) is 6.08. The van der Waals surface area contributed by atoms with Crippen molar-refractivity contribution in [1.82, 2.24) is 4.90 Å². The minimum absolute atomic E-state index is 0.139. The molecule has 1 atom stereocenters. The summed E-state index contributed by atoms with van der Waals surface area (Å²) in [6.07, 6.45) is 3.10. The zero-order valence-electron chi connectivity index (χ0n) is 10.5. The van der Waals surface area contributed by atoms with Crippen molar-refractivity contribution in [2.45, 2.75) is 51.7 Å². The van der Waals surface area contributed by atoms with E-state index in [-0.39, 0.29) is 12.0 Å². The molecule has 0 saturated carbocycles. The average molecular weight is 229 g/mol. The van der Waals surface area contributed by atoms with E-state index in [2.05, 4.69) is 6.92 Å². The lowest BCUT2D eigenvalue weighted by Gasteiger charge is -2.35. The van der Waals surface area contributed by atoms with Crippen molar-refractivity contribution in [2.75, 3.05) is 19.7 Å². The maximum atomic E-state index is 11.9. The second-order valence-electron chi connectivity index (χ2n) is 4.95. The second-order valence-corrected chi connectivity index (χ2v) is 4.95. The smallest absolute Gasteiger partial charge is 0.254 e. The highest BCUT2D eigenvalue weighted by atomic mass is 16.5. The topological polar surface area (TPSA) is 49.8 Å². The lowest BCUT2D eigenvalue weighted by atomic mass is 10.0. The van der Waals surface area contributed by atoms with E-state index < -0.39 is 5.60 Å². The predicted molar refractivity (Wildman–Crippen MR) is 62.1 cm³/mol. The molecule has 0 bridgehead atoms. The molecule has 1 saturated heterocycles. The first kappa shape index (κ1) is 13.5. The molecular formula is C12H23NO3. The summed E-state index contributed by atoms with van der Waals surface area (Å²) >= 11 is 0. The number of carbonyl (C=O) groups is 1. The van der Waals surface area contributed by atoms with Crippen molar-refractivity contribution in [2.24, 2.45) is 0 Å². The molecule has 0 radical (unpaired) electrons. The summed E-state index contributed by atoms with van der Waals surface area (Å²) in [5, 5.41) is 9.67. The fraction of sp³-hybridized carbons (Fsp3) is 0.917. The van der Waals surface area contributed by atoms with Gasteiger partial charge in [-0.05, 0) is 33.1 Å². The minimum Gasteiger partial charge on any atom is -0.381 e. The maximum Gasteiger partial charge on any atom is 0.254 e. The van der Waals surface area contributed by atoms with Crippen LogP contribution in [0.5, 0.6) is 0 Å². The van der Waals surface area contributed by atoms with Crippen LogP contribution >= 0.6 is 0 Å². The molecule has 1 aliphatic heterocycles. The largest absolute Gasteiger partial charge is 0.381 e. The van der Waals surface area contributed by atoms with E-state index in [1.807, 2.05) is 0 Å². The second kappa shape index (κ2) is 5.64. The Hall–Kier alpha value is -0.610. The van der Waals surface area contributed by atoms with Gasteiger partial charge >= 0.3 is 0 Å². The van der Waals surface area contributed by atoms with Crippen molar-refractivity contribution in [3.05, 3.63) is 0 Å². The summed E-state index contributed by atoms with van der Waals surface area (Å²) in [5.41, 5.74) is -1.27. The van der Waals surface area contributed by atoms with Gasteiger partial charge in [0.15, 0.2) is 0 Å². The number of hydrogen-bond acceptors (Lipinski definition) is 3. The van der Waals surface area contributed by atoms with Gasteiger partial charge in [-0.15, -0.1) is 0 Å². The first-order chi connectivity index (χ1) is 7.45. The molecule has 4 nitrogen and oxygen atoms in total. The quantitative estimate of drug-likeness (QED) is 0.787. The van der Waals surface area contributed by atoms with E-state index in [1.54, 1.807) is 4.90 Å². The standard InChI is InChI=1S/C12H23NO3/c1-4-8-16-10-6-5-7-13(9-10)11(14)12(2,3)15/h10,15H,4-9H2,1-3H3. The van der Waals surface area contributed by atoms with E-state index >= 15 is 0 Å². The van der Waals surface area contributed by atoms with Gasteiger partial charge in [-0.2, -0.15) is 0 Å². The molecule has 1 heterocycles. The van der Waals surface area contributed by atoms with Crippen molar-refractivity contribution in [3.63, 3.8) is 0 Å². The van der Waals surface area contributed by atoms with Gasteiger partial charge in [0.2, 0.25) is 0 Å². The summed E-state index contributed by atoms with van der Waals surface area (Å²) in [7, 11) is 0. The van der Waals surface area contributed by atoms with Crippen molar-refractivity contribution in [1.29, 1.82) is 0 Å². The van der Waals surface area contributed by atoms with E-state index in [0.29, 0.717) is 6.54 Å². The van der Waals surface area contributed by atoms with Gasteiger partial charge < -0.3 is 14.7 Å². The molecule has 1 aliphatic rings. The number of nitrogens with zero attached hydrogens (tertiary/aromatic N) is 1. The number of carbonyl (C=O) groups excluding carboxylic acids is 1. The fourth-order valence-corrected chi connectivity index (χ4v) is 1.93. The van der Waals surface area contributed by atoms with E-state index in [1.165, 1.54) is 13.8 Å². The summed E-state index contributed by atoms with van der Waals surface area (Å²) in [5.74, 6) is -0.197. The number of hydrogen-bond donors (Lipinski definition) is 1. The number of piperidine rings is 1. The zero-order valence-corrected chi connectivity index (χ0v) is 10.5. The van der Waals surface area contributed by atoms with Crippen molar-refractivity contribution >= 4 is 5.91 Å². The molecule has 0 aliphatic carbocycles. The number of amides is 1. The lowest BCUT2D eigenvalue weighted by Crippen LogP contribution is -2.50. The molecule has 1 rings (SSSR count). The van der Waals surface area contributed by atoms with Gasteiger partial charge in [0, 0.05) is 19.7 Å². The number of ether oxygens (including phenoxy) is 1. The molecule has 0 aromatic rings. The van der Waals surface area contributed by atoms with Crippen LogP contribution in [0, 0.1) is 0 Å². The molecule has 1 N–H and O–H groups in total. The molecule has 0 spiro atoms. The number of likely N-dealkylation sites (tertiary alicyclic amines) is 1. The molecule has 1 amide bonds.